The molecule has 0 aliphatic heterocycles. The standard InChI is InChI=1S/C10H12N3S2.BrH/c1-9-3-6-13(7-4-9)12-10(14-2)15-8-5-11;/h3-4,6-7H,8H2,1-2H3;1H/q+1;/p-1/b12-10+;. The fraction of sp³-hybridized carbons (Fsp3) is 0.300. The maximum atomic E-state index is 8.47. The van der Waals surface area contributed by atoms with Crippen molar-refractivity contribution in [3.63, 3.8) is 0 Å². The van der Waals surface area contributed by atoms with E-state index in [-0.39, 0.29) is 17.0 Å². The SMILES string of the molecule is CS/C(=N\[n+]1ccc(C)cc1)SCC#N.[Br-]. The number of pyridine rings is 1. The molecule has 16 heavy (non-hydrogen) atoms. The summed E-state index contributed by atoms with van der Waals surface area (Å²) in [4.78, 5) is 0. The second-order valence-electron chi connectivity index (χ2n) is 2.77. The molecule has 1 aromatic rings. The van der Waals surface area contributed by atoms with Crippen molar-refractivity contribution in [3.8, 4) is 6.07 Å². The van der Waals surface area contributed by atoms with Gasteiger partial charge in [0.25, 0.3) is 0 Å². The molecule has 0 radical (unpaired) electrons. The first-order valence-electron chi connectivity index (χ1n) is 4.37. The molecule has 0 aromatic carbocycles. The minimum Gasteiger partial charge on any atom is -1.00 e. The van der Waals surface area contributed by atoms with Crippen LogP contribution in [0.25, 0.3) is 0 Å². The molecule has 6 heteroatoms. The average Bonchev–Trinajstić information content (AvgIpc) is 2.27. The van der Waals surface area contributed by atoms with Crippen LogP contribution in [0.2, 0.25) is 0 Å². The molecule has 86 valence electrons. The van der Waals surface area contributed by atoms with Gasteiger partial charge in [0.15, 0.2) is 4.38 Å². The lowest BCUT2D eigenvalue weighted by atomic mass is 10.3. The molecule has 0 bridgehead atoms. The Balaban J connectivity index is 0.00000225. The van der Waals surface area contributed by atoms with Gasteiger partial charge in [-0.25, -0.2) is 0 Å². The summed E-state index contributed by atoms with van der Waals surface area (Å²) in [7, 11) is 0. The van der Waals surface area contributed by atoms with Crippen molar-refractivity contribution >= 4 is 27.9 Å². The van der Waals surface area contributed by atoms with E-state index in [0.717, 1.165) is 4.38 Å². The van der Waals surface area contributed by atoms with Crippen LogP contribution in [0.15, 0.2) is 29.6 Å². The molecule has 0 atom stereocenters. The largest absolute Gasteiger partial charge is 1.00 e. The van der Waals surface area contributed by atoms with E-state index >= 15 is 0 Å². The summed E-state index contributed by atoms with van der Waals surface area (Å²) >= 11 is 3.00. The summed E-state index contributed by atoms with van der Waals surface area (Å²) in [6.07, 6.45) is 5.76. The number of nitrogens with zero attached hydrogens (tertiary/aromatic N) is 3. The lowest BCUT2D eigenvalue weighted by Crippen LogP contribution is -3.00. The molecule has 0 N–H and O–H groups in total. The molecule has 1 rings (SSSR count). The van der Waals surface area contributed by atoms with E-state index in [1.54, 1.807) is 16.4 Å². The number of aromatic nitrogens is 1. The summed E-state index contributed by atoms with van der Waals surface area (Å²) in [5.74, 6) is 0.437. The van der Waals surface area contributed by atoms with Crippen molar-refractivity contribution in [3.05, 3.63) is 30.1 Å². The van der Waals surface area contributed by atoms with Gasteiger partial charge in [-0.15, -0.1) is 0 Å². The monoisotopic (exact) mass is 317 g/mol. The maximum Gasteiger partial charge on any atom is 0.202 e. The predicted octanol–water partition coefficient (Wildman–Crippen LogP) is -0.975. The molecule has 1 aromatic heterocycles. The van der Waals surface area contributed by atoms with Gasteiger partial charge < -0.3 is 17.0 Å². The molecule has 3 nitrogen and oxygen atoms in total. The van der Waals surface area contributed by atoms with Crippen molar-refractivity contribution in [1.29, 1.82) is 5.26 Å². The van der Waals surface area contributed by atoms with E-state index in [2.05, 4.69) is 11.2 Å². The molecule has 0 fully saturated rings. The summed E-state index contributed by atoms with van der Waals surface area (Å²) in [5.41, 5.74) is 1.21. The lowest BCUT2D eigenvalue weighted by Gasteiger charge is -1.94. The van der Waals surface area contributed by atoms with Gasteiger partial charge in [0.05, 0.1) is 11.8 Å². The van der Waals surface area contributed by atoms with Crippen LogP contribution in [0.3, 0.4) is 0 Å². The zero-order valence-electron chi connectivity index (χ0n) is 9.05. The highest BCUT2D eigenvalue weighted by atomic mass is 79.9. The van der Waals surface area contributed by atoms with E-state index < -0.39 is 0 Å². The van der Waals surface area contributed by atoms with Crippen molar-refractivity contribution in [2.75, 3.05) is 12.0 Å². The quantitative estimate of drug-likeness (QED) is 0.400. The average molecular weight is 318 g/mol. The number of halogens is 1. The Kier molecular flexibility index (Phi) is 8.35. The highest BCUT2D eigenvalue weighted by Gasteiger charge is 2.03. The van der Waals surface area contributed by atoms with Crippen LogP contribution in [0.5, 0.6) is 0 Å². The zero-order valence-corrected chi connectivity index (χ0v) is 12.3. The van der Waals surface area contributed by atoms with E-state index in [0.29, 0.717) is 5.75 Å². The number of aryl methyl sites for hydroxylation is 1. The fourth-order valence-electron chi connectivity index (χ4n) is 0.877. The number of thioether (sulfide) groups is 2. The lowest BCUT2D eigenvalue weighted by molar-refractivity contribution is -0.678. The Morgan fingerprint density at radius 3 is 2.62 bits per heavy atom. The fourth-order valence-corrected chi connectivity index (χ4v) is 2.04. The van der Waals surface area contributed by atoms with Crippen LogP contribution in [-0.2, 0) is 0 Å². The summed E-state index contributed by atoms with van der Waals surface area (Å²) in [6.45, 7) is 2.04. The normalized spacial score (nSPS) is 10.4. The summed E-state index contributed by atoms with van der Waals surface area (Å²) in [6, 6.07) is 6.08. The molecule has 0 spiro atoms. The maximum absolute atomic E-state index is 8.47. The van der Waals surface area contributed by atoms with Crippen LogP contribution in [0.1, 0.15) is 5.56 Å². The first-order valence-corrected chi connectivity index (χ1v) is 6.58. The van der Waals surface area contributed by atoms with Gasteiger partial charge in [-0.3, -0.25) is 0 Å². The van der Waals surface area contributed by atoms with Gasteiger partial charge >= 0.3 is 0 Å². The topological polar surface area (TPSA) is 40.0 Å². The third-order valence-electron chi connectivity index (χ3n) is 1.61. The van der Waals surface area contributed by atoms with Crippen molar-refractivity contribution in [1.82, 2.24) is 0 Å². The number of nitriles is 1. The smallest absolute Gasteiger partial charge is 0.202 e. The highest BCUT2D eigenvalue weighted by molar-refractivity contribution is 8.38. The van der Waals surface area contributed by atoms with Crippen LogP contribution in [0, 0.1) is 18.3 Å². The Morgan fingerprint density at radius 2 is 2.12 bits per heavy atom. The zero-order chi connectivity index (χ0) is 11.1. The van der Waals surface area contributed by atoms with Gasteiger partial charge in [-0.1, -0.05) is 28.2 Å². The molecule has 0 saturated carbocycles. The first kappa shape index (κ1) is 15.5. The van der Waals surface area contributed by atoms with Crippen LogP contribution in [-0.4, -0.2) is 16.4 Å². The van der Waals surface area contributed by atoms with Gasteiger partial charge in [0.1, 0.15) is 0 Å². The summed E-state index contributed by atoms with van der Waals surface area (Å²) in [5, 5.41) is 12.8. The van der Waals surface area contributed by atoms with Crippen LogP contribution in [0.4, 0.5) is 0 Å². The van der Waals surface area contributed by atoms with E-state index in [1.165, 1.54) is 17.3 Å². The molecule has 1 heterocycles. The van der Waals surface area contributed by atoms with Crippen molar-refractivity contribution in [2.45, 2.75) is 6.92 Å². The highest BCUT2D eigenvalue weighted by Crippen LogP contribution is 2.12. The first-order chi connectivity index (χ1) is 7.26. The molecule has 0 unspecified atom stereocenters. The number of hydrogen-bond acceptors (Lipinski definition) is 4. The third-order valence-corrected chi connectivity index (χ3v) is 3.50. The molecule has 0 amide bonds. The number of rotatable bonds is 2. The van der Waals surface area contributed by atoms with Gasteiger partial charge in [-0.2, -0.15) is 5.26 Å². The van der Waals surface area contributed by atoms with E-state index in [4.69, 9.17) is 5.26 Å². The van der Waals surface area contributed by atoms with E-state index in [1.807, 2.05) is 37.7 Å². The van der Waals surface area contributed by atoms with Gasteiger partial charge in [0.2, 0.25) is 12.4 Å². The second-order valence-corrected chi connectivity index (χ2v) is 4.79. The Hall–Kier alpha value is -0.510. The van der Waals surface area contributed by atoms with E-state index in [9.17, 15) is 0 Å². The second kappa shape index (κ2) is 8.62. The van der Waals surface area contributed by atoms with Crippen molar-refractivity contribution in [2.24, 2.45) is 5.10 Å². The van der Waals surface area contributed by atoms with Crippen LogP contribution >= 0.6 is 23.5 Å². The molecule has 0 aliphatic rings. The Morgan fingerprint density at radius 1 is 1.50 bits per heavy atom. The molecule has 0 saturated heterocycles. The molecular formula is C10H12BrN3S2. The van der Waals surface area contributed by atoms with Gasteiger partial charge in [-0.05, 0) is 18.7 Å². The minimum atomic E-state index is 0. The number of hydrogen-bond donors (Lipinski definition) is 0. The molecule has 0 aliphatic carbocycles. The van der Waals surface area contributed by atoms with Crippen LogP contribution < -0.4 is 21.7 Å². The predicted molar refractivity (Wildman–Crippen MR) is 65.8 cm³/mol. The van der Waals surface area contributed by atoms with Gasteiger partial charge in [0, 0.05) is 17.2 Å². The Labute approximate surface area is 115 Å². The van der Waals surface area contributed by atoms with Crippen molar-refractivity contribution < 1.29 is 21.7 Å². The third kappa shape index (κ3) is 5.54. The summed E-state index contributed by atoms with van der Waals surface area (Å²) < 4.78 is 2.65. The minimum absolute atomic E-state index is 0. The molecular weight excluding hydrogens is 306 g/mol. The Bertz CT molecular complexity index is 384.